The molecule has 24 heavy (non-hydrogen) atoms. The van der Waals surface area contributed by atoms with Crippen molar-refractivity contribution in [2.75, 3.05) is 46.8 Å². The van der Waals surface area contributed by atoms with Gasteiger partial charge >= 0.3 is 0 Å². The Balaban J connectivity index is 2.01. The van der Waals surface area contributed by atoms with Gasteiger partial charge < -0.3 is 15.1 Å². The normalized spacial score (nSPS) is 19.2. The zero-order valence-electron chi connectivity index (χ0n) is 16.0. The zero-order valence-corrected chi connectivity index (χ0v) is 16.0. The third-order valence-corrected chi connectivity index (χ3v) is 4.49. The van der Waals surface area contributed by atoms with E-state index in [2.05, 4.69) is 80.3 Å². The van der Waals surface area contributed by atoms with Gasteiger partial charge in [0.15, 0.2) is 5.96 Å². The molecule has 1 aromatic carbocycles. The van der Waals surface area contributed by atoms with Crippen molar-refractivity contribution in [2.45, 2.75) is 33.1 Å². The largest absolute Gasteiger partial charge is 0.357 e. The summed E-state index contributed by atoms with van der Waals surface area (Å²) in [6, 6.07) is 10.9. The van der Waals surface area contributed by atoms with Crippen molar-refractivity contribution in [3.8, 4) is 0 Å². The molecule has 1 unspecified atom stereocenters. The topological polar surface area (TPSA) is 30.9 Å². The molecular weight excluding hydrogens is 296 g/mol. The van der Waals surface area contributed by atoms with Crippen LogP contribution in [0.4, 0.5) is 0 Å². The molecule has 1 N–H and O–H groups in total. The molecule has 1 fully saturated rings. The Morgan fingerprint density at radius 3 is 2.62 bits per heavy atom. The summed E-state index contributed by atoms with van der Waals surface area (Å²) in [6.07, 6.45) is 1.20. The van der Waals surface area contributed by atoms with Gasteiger partial charge in [-0.1, -0.05) is 44.2 Å². The quantitative estimate of drug-likeness (QED) is 0.642. The van der Waals surface area contributed by atoms with Crippen molar-refractivity contribution in [3.63, 3.8) is 0 Å². The van der Waals surface area contributed by atoms with Crippen LogP contribution in [0, 0.1) is 5.41 Å². The minimum atomic E-state index is 0.183. The van der Waals surface area contributed by atoms with Gasteiger partial charge in [-0.3, -0.25) is 4.99 Å². The van der Waals surface area contributed by atoms with Gasteiger partial charge in [-0.25, -0.2) is 0 Å². The van der Waals surface area contributed by atoms with E-state index in [4.69, 9.17) is 4.99 Å². The molecule has 1 saturated heterocycles. The van der Waals surface area contributed by atoms with Crippen LogP contribution in [-0.2, 0) is 0 Å². The van der Waals surface area contributed by atoms with E-state index >= 15 is 0 Å². The average molecular weight is 331 g/mol. The Labute approximate surface area is 147 Å². The number of nitrogens with zero attached hydrogens (tertiary/aromatic N) is 3. The number of nitrogens with one attached hydrogen (secondary N) is 1. The van der Waals surface area contributed by atoms with E-state index in [1.165, 1.54) is 12.0 Å². The van der Waals surface area contributed by atoms with Gasteiger partial charge in [0.25, 0.3) is 0 Å². The Morgan fingerprint density at radius 2 is 2.00 bits per heavy atom. The summed E-state index contributed by atoms with van der Waals surface area (Å²) in [5.74, 6) is 1.69. The molecule has 134 valence electrons. The smallest absolute Gasteiger partial charge is 0.193 e. The summed E-state index contributed by atoms with van der Waals surface area (Å²) in [7, 11) is 4.25. The van der Waals surface area contributed by atoms with Crippen molar-refractivity contribution < 1.29 is 0 Å². The van der Waals surface area contributed by atoms with Gasteiger partial charge in [-0.15, -0.1) is 0 Å². The van der Waals surface area contributed by atoms with Crippen LogP contribution in [0.2, 0.25) is 0 Å². The van der Waals surface area contributed by atoms with Crippen LogP contribution >= 0.6 is 0 Å². The van der Waals surface area contributed by atoms with E-state index in [1.807, 2.05) is 0 Å². The minimum Gasteiger partial charge on any atom is -0.357 e. The molecule has 0 aliphatic carbocycles. The first-order chi connectivity index (χ1) is 11.4. The second-order valence-corrected chi connectivity index (χ2v) is 7.91. The average Bonchev–Trinajstić information content (AvgIpc) is 3.01. The summed E-state index contributed by atoms with van der Waals surface area (Å²) in [4.78, 5) is 9.62. The summed E-state index contributed by atoms with van der Waals surface area (Å²) in [5, 5.41) is 3.48. The number of guanidine groups is 1. The molecule has 4 nitrogen and oxygen atoms in total. The number of aliphatic imine (C=N–C) groups is 1. The summed E-state index contributed by atoms with van der Waals surface area (Å²) in [5.41, 5.74) is 1.63. The molecule has 1 aliphatic heterocycles. The number of hydrogen-bond donors (Lipinski definition) is 1. The number of likely N-dealkylation sites (tertiary alicyclic amines) is 1. The van der Waals surface area contributed by atoms with Gasteiger partial charge in [0.2, 0.25) is 0 Å². The maximum Gasteiger partial charge on any atom is 0.193 e. The lowest BCUT2D eigenvalue weighted by atomic mass is 9.93. The number of rotatable bonds is 6. The molecule has 0 spiro atoms. The standard InChI is InChI=1S/C20H34N4/c1-6-21-19(22-15-20(2,3)16-23(4)5)24-13-12-18(14-24)17-10-8-7-9-11-17/h7-11,18H,6,12-16H2,1-5H3,(H,21,22). The highest BCUT2D eigenvalue weighted by Crippen LogP contribution is 2.27. The summed E-state index contributed by atoms with van der Waals surface area (Å²) >= 11 is 0. The Hall–Kier alpha value is -1.55. The SMILES string of the molecule is CCNC(=NCC(C)(C)CN(C)C)N1CCC(c2ccccc2)C1. The minimum absolute atomic E-state index is 0.183. The molecule has 0 bridgehead atoms. The molecule has 0 aromatic heterocycles. The van der Waals surface area contributed by atoms with Crippen LogP contribution in [0.5, 0.6) is 0 Å². The predicted octanol–water partition coefficient (Wildman–Crippen LogP) is 3.03. The van der Waals surface area contributed by atoms with Crippen molar-refractivity contribution in [1.82, 2.24) is 15.1 Å². The number of benzene rings is 1. The van der Waals surface area contributed by atoms with Gasteiger partial charge in [0.05, 0.1) is 0 Å². The van der Waals surface area contributed by atoms with E-state index in [-0.39, 0.29) is 5.41 Å². The lowest BCUT2D eigenvalue weighted by Crippen LogP contribution is -2.41. The highest BCUT2D eigenvalue weighted by atomic mass is 15.3. The van der Waals surface area contributed by atoms with Crippen molar-refractivity contribution in [3.05, 3.63) is 35.9 Å². The van der Waals surface area contributed by atoms with Crippen LogP contribution in [0.3, 0.4) is 0 Å². The van der Waals surface area contributed by atoms with Crippen LogP contribution in [0.15, 0.2) is 35.3 Å². The second-order valence-electron chi connectivity index (χ2n) is 7.91. The van der Waals surface area contributed by atoms with Crippen molar-refractivity contribution in [1.29, 1.82) is 0 Å². The summed E-state index contributed by atoms with van der Waals surface area (Å²) in [6.45, 7) is 11.7. The fraction of sp³-hybridized carbons (Fsp3) is 0.650. The van der Waals surface area contributed by atoms with E-state index in [1.54, 1.807) is 0 Å². The van der Waals surface area contributed by atoms with Crippen LogP contribution in [-0.4, -0.2) is 62.6 Å². The lowest BCUT2D eigenvalue weighted by molar-refractivity contribution is 0.248. The van der Waals surface area contributed by atoms with Crippen LogP contribution < -0.4 is 5.32 Å². The molecule has 0 amide bonds. The Bertz CT molecular complexity index is 522. The fourth-order valence-corrected chi connectivity index (χ4v) is 3.57. The fourth-order valence-electron chi connectivity index (χ4n) is 3.57. The van der Waals surface area contributed by atoms with Crippen LogP contribution in [0.25, 0.3) is 0 Å². The van der Waals surface area contributed by atoms with Crippen molar-refractivity contribution >= 4 is 5.96 Å². The van der Waals surface area contributed by atoms with E-state index in [0.29, 0.717) is 5.92 Å². The molecule has 1 aliphatic rings. The highest BCUT2D eigenvalue weighted by molar-refractivity contribution is 5.80. The first-order valence-electron chi connectivity index (χ1n) is 9.14. The maximum atomic E-state index is 4.95. The maximum absolute atomic E-state index is 4.95. The second kappa shape index (κ2) is 8.52. The van der Waals surface area contributed by atoms with Crippen LogP contribution in [0.1, 0.15) is 38.7 Å². The molecule has 2 rings (SSSR count). The predicted molar refractivity (Wildman–Crippen MR) is 104 cm³/mol. The first-order valence-corrected chi connectivity index (χ1v) is 9.14. The molecular formula is C20H34N4. The van der Waals surface area contributed by atoms with Gasteiger partial charge in [-0.05, 0) is 38.4 Å². The van der Waals surface area contributed by atoms with E-state index < -0.39 is 0 Å². The van der Waals surface area contributed by atoms with Gasteiger partial charge in [0.1, 0.15) is 0 Å². The Kier molecular flexibility index (Phi) is 6.67. The molecule has 1 atom stereocenters. The third kappa shape index (κ3) is 5.52. The molecule has 4 heteroatoms. The molecule has 0 saturated carbocycles. The monoisotopic (exact) mass is 330 g/mol. The zero-order chi connectivity index (χ0) is 17.6. The highest BCUT2D eigenvalue weighted by Gasteiger charge is 2.26. The molecule has 1 aromatic rings. The number of hydrogen-bond acceptors (Lipinski definition) is 2. The lowest BCUT2D eigenvalue weighted by Gasteiger charge is -2.28. The first kappa shape index (κ1) is 18.8. The summed E-state index contributed by atoms with van der Waals surface area (Å²) < 4.78 is 0. The Morgan fingerprint density at radius 1 is 1.29 bits per heavy atom. The van der Waals surface area contributed by atoms with Gasteiger partial charge in [0, 0.05) is 38.6 Å². The van der Waals surface area contributed by atoms with Crippen molar-refractivity contribution in [2.24, 2.45) is 10.4 Å². The third-order valence-electron chi connectivity index (χ3n) is 4.49. The van der Waals surface area contributed by atoms with Gasteiger partial charge in [-0.2, -0.15) is 0 Å². The molecule has 0 radical (unpaired) electrons. The molecule has 1 heterocycles. The van der Waals surface area contributed by atoms with E-state index in [0.717, 1.165) is 38.7 Å². The van der Waals surface area contributed by atoms with E-state index in [9.17, 15) is 0 Å².